The van der Waals surface area contributed by atoms with Crippen LogP contribution in [-0.4, -0.2) is 25.0 Å². The second-order valence-corrected chi connectivity index (χ2v) is 7.81. The predicted molar refractivity (Wildman–Crippen MR) is 119 cm³/mol. The van der Waals surface area contributed by atoms with Gasteiger partial charge in [-0.25, -0.2) is 9.98 Å². The molecule has 4 nitrogen and oxygen atoms in total. The normalized spacial score (nSPS) is 20.3. The Labute approximate surface area is 176 Å². The van der Waals surface area contributed by atoms with Crippen molar-refractivity contribution in [1.29, 1.82) is 0 Å². The van der Waals surface area contributed by atoms with Gasteiger partial charge in [0.15, 0.2) is 0 Å². The van der Waals surface area contributed by atoms with Crippen molar-refractivity contribution in [2.24, 2.45) is 9.98 Å². The van der Waals surface area contributed by atoms with Crippen LogP contribution < -0.4 is 0 Å². The molecular formula is C26H24N2O2. The second kappa shape index (κ2) is 7.79. The van der Waals surface area contributed by atoms with Gasteiger partial charge in [0.25, 0.3) is 0 Å². The van der Waals surface area contributed by atoms with Gasteiger partial charge in [-0.15, -0.1) is 0 Å². The number of aryl methyl sites for hydroxylation is 2. The first-order valence-corrected chi connectivity index (χ1v) is 10.3. The highest BCUT2D eigenvalue weighted by molar-refractivity contribution is 5.98. The van der Waals surface area contributed by atoms with Crippen molar-refractivity contribution in [3.63, 3.8) is 0 Å². The summed E-state index contributed by atoms with van der Waals surface area (Å²) >= 11 is 0. The fourth-order valence-corrected chi connectivity index (χ4v) is 4.06. The van der Waals surface area contributed by atoms with Crippen molar-refractivity contribution in [2.45, 2.75) is 25.9 Å². The van der Waals surface area contributed by atoms with Crippen LogP contribution in [0.5, 0.6) is 0 Å². The van der Waals surface area contributed by atoms with E-state index in [-0.39, 0.29) is 12.1 Å². The van der Waals surface area contributed by atoms with Crippen LogP contribution in [0, 0.1) is 13.8 Å². The average Bonchev–Trinajstić information content (AvgIpc) is 3.45. The third-order valence-electron chi connectivity index (χ3n) is 5.78. The van der Waals surface area contributed by atoms with Gasteiger partial charge < -0.3 is 9.47 Å². The van der Waals surface area contributed by atoms with Crippen LogP contribution in [0.3, 0.4) is 0 Å². The van der Waals surface area contributed by atoms with Crippen LogP contribution >= 0.6 is 0 Å². The van der Waals surface area contributed by atoms with E-state index in [2.05, 4.69) is 62.4 Å². The molecule has 4 heteroatoms. The Balaban J connectivity index is 1.34. The van der Waals surface area contributed by atoms with Gasteiger partial charge in [-0.3, -0.25) is 0 Å². The maximum absolute atomic E-state index is 5.90. The highest BCUT2D eigenvalue weighted by atomic mass is 16.5. The minimum absolute atomic E-state index is 0.0540. The van der Waals surface area contributed by atoms with E-state index in [0.717, 1.165) is 11.1 Å². The van der Waals surface area contributed by atoms with Gasteiger partial charge in [-0.2, -0.15) is 0 Å². The minimum Gasteiger partial charge on any atom is -0.475 e. The molecule has 0 aromatic heterocycles. The fraction of sp³-hybridized carbons (Fsp3) is 0.231. The summed E-state index contributed by atoms with van der Waals surface area (Å²) in [5.74, 6) is 1.39. The van der Waals surface area contributed by atoms with E-state index >= 15 is 0 Å². The molecule has 0 spiro atoms. The molecule has 0 bridgehead atoms. The molecule has 0 amide bonds. The number of ether oxygens (including phenoxy) is 2. The summed E-state index contributed by atoms with van der Waals surface area (Å²) in [6.45, 7) is 5.39. The summed E-state index contributed by atoms with van der Waals surface area (Å²) in [6.07, 6.45) is 0. The molecular weight excluding hydrogens is 372 g/mol. The van der Waals surface area contributed by atoms with Crippen LogP contribution in [0.4, 0.5) is 0 Å². The molecule has 2 aliphatic heterocycles. The summed E-state index contributed by atoms with van der Waals surface area (Å²) in [5, 5.41) is 0. The summed E-state index contributed by atoms with van der Waals surface area (Å²) in [4.78, 5) is 9.62. The molecule has 0 saturated heterocycles. The van der Waals surface area contributed by atoms with Crippen LogP contribution in [0.15, 0.2) is 82.8 Å². The monoisotopic (exact) mass is 396 g/mol. The van der Waals surface area contributed by atoms with Gasteiger partial charge in [0, 0.05) is 11.1 Å². The van der Waals surface area contributed by atoms with Gasteiger partial charge in [-0.1, -0.05) is 48.5 Å². The van der Waals surface area contributed by atoms with Crippen molar-refractivity contribution < 1.29 is 9.47 Å². The summed E-state index contributed by atoms with van der Waals surface area (Å²) in [7, 11) is 0. The lowest BCUT2D eigenvalue weighted by atomic mass is 10.0. The largest absolute Gasteiger partial charge is 0.475 e. The molecule has 0 N–H and O–H groups in total. The fourth-order valence-electron chi connectivity index (χ4n) is 4.06. The first-order chi connectivity index (χ1) is 14.7. The molecule has 2 atom stereocenters. The van der Waals surface area contributed by atoms with Crippen LogP contribution in [0.1, 0.15) is 45.5 Å². The predicted octanol–water partition coefficient (Wildman–Crippen LogP) is 5.34. The molecule has 5 rings (SSSR count). The molecule has 0 radical (unpaired) electrons. The highest BCUT2D eigenvalue weighted by Gasteiger charge is 2.25. The standard InChI is InChI=1S/C26H24N2O2/c1-17-7-3-5-9-21(17)23-15-29-25(27-23)19-11-13-20(14-12-19)26-28-24(16-30-26)22-10-6-4-8-18(22)2/h3-14,23-24H,15-16H2,1-2H3. The quantitative estimate of drug-likeness (QED) is 0.597. The summed E-state index contributed by atoms with van der Waals surface area (Å²) in [6, 6.07) is 24.9. The Hall–Kier alpha value is -3.40. The van der Waals surface area contributed by atoms with E-state index in [9.17, 15) is 0 Å². The van der Waals surface area contributed by atoms with Gasteiger partial charge in [0.1, 0.15) is 25.3 Å². The highest BCUT2D eigenvalue weighted by Crippen LogP contribution is 2.29. The zero-order chi connectivity index (χ0) is 20.5. The van der Waals surface area contributed by atoms with Crippen LogP contribution in [0.25, 0.3) is 0 Å². The number of hydrogen-bond acceptors (Lipinski definition) is 4. The van der Waals surface area contributed by atoms with Crippen molar-refractivity contribution in [3.05, 3.63) is 106 Å². The van der Waals surface area contributed by atoms with Crippen molar-refractivity contribution >= 4 is 11.8 Å². The number of hydrogen-bond donors (Lipinski definition) is 0. The number of aliphatic imine (C=N–C) groups is 2. The van der Waals surface area contributed by atoms with Crippen LogP contribution in [0.2, 0.25) is 0 Å². The SMILES string of the molecule is Cc1ccccc1C1COC(c2ccc(C3=NC(c4ccccc4C)CO3)cc2)=N1. The Morgan fingerprint density at radius 3 is 1.40 bits per heavy atom. The van der Waals surface area contributed by atoms with Gasteiger partial charge >= 0.3 is 0 Å². The Morgan fingerprint density at radius 2 is 1.00 bits per heavy atom. The Bertz CT molecular complexity index is 1040. The van der Waals surface area contributed by atoms with E-state index < -0.39 is 0 Å². The molecule has 2 heterocycles. The first kappa shape index (κ1) is 18.6. The molecule has 30 heavy (non-hydrogen) atoms. The molecule has 2 aliphatic rings. The van der Waals surface area contributed by atoms with Crippen LogP contribution in [-0.2, 0) is 9.47 Å². The lowest BCUT2D eigenvalue weighted by molar-refractivity contribution is 0.319. The van der Waals surface area contributed by atoms with Crippen molar-refractivity contribution in [3.8, 4) is 0 Å². The average molecular weight is 396 g/mol. The molecule has 150 valence electrons. The lowest BCUT2D eigenvalue weighted by Crippen LogP contribution is -2.04. The molecule has 3 aromatic rings. The minimum atomic E-state index is 0.0540. The second-order valence-electron chi connectivity index (χ2n) is 7.81. The number of nitrogens with zero attached hydrogens (tertiary/aromatic N) is 2. The maximum atomic E-state index is 5.90. The maximum Gasteiger partial charge on any atom is 0.216 e. The first-order valence-electron chi connectivity index (χ1n) is 10.3. The lowest BCUT2D eigenvalue weighted by Gasteiger charge is -2.08. The van der Waals surface area contributed by atoms with E-state index in [1.807, 2.05) is 24.3 Å². The molecule has 0 fully saturated rings. The summed E-state index contributed by atoms with van der Waals surface area (Å²) < 4.78 is 11.8. The topological polar surface area (TPSA) is 43.2 Å². The van der Waals surface area contributed by atoms with Gasteiger partial charge in [0.05, 0.1) is 0 Å². The Morgan fingerprint density at radius 1 is 0.600 bits per heavy atom. The van der Waals surface area contributed by atoms with E-state index in [1.165, 1.54) is 22.3 Å². The smallest absolute Gasteiger partial charge is 0.216 e. The Kier molecular flexibility index (Phi) is 4.83. The van der Waals surface area contributed by atoms with Gasteiger partial charge in [-0.05, 0) is 60.4 Å². The third-order valence-corrected chi connectivity index (χ3v) is 5.78. The van der Waals surface area contributed by atoms with E-state index in [4.69, 9.17) is 19.5 Å². The van der Waals surface area contributed by atoms with Gasteiger partial charge in [0.2, 0.25) is 11.8 Å². The van der Waals surface area contributed by atoms with Crippen molar-refractivity contribution in [1.82, 2.24) is 0 Å². The molecule has 0 saturated carbocycles. The number of benzene rings is 3. The molecule has 3 aromatic carbocycles. The summed E-state index contributed by atoms with van der Waals surface area (Å²) in [5.41, 5.74) is 6.88. The molecule has 2 unspecified atom stereocenters. The third kappa shape index (κ3) is 3.50. The zero-order valence-electron chi connectivity index (χ0n) is 17.2. The van der Waals surface area contributed by atoms with E-state index in [0.29, 0.717) is 25.0 Å². The zero-order valence-corrected chi connectivity index (χ0v) is 17.2. The van der Waals surface area contributed by atoms with E-state index in [1.54, 1.807) is 0 Å². The molecule has 0 aliphatic carbocycles. The number of rotatable bonds is 4. The van der Waals surface area contributed by atoms with Crippen molar-refractivity contribution in [2.75, 3.05) is 13.2 Å².